The Bertz CT molecular complexity index is 1340. The highest BCUT2D eigenvalue weighted by Gasteiger charge is 2.40. The van der Waals surface area contributed by atoms with Crippen LogP contribution in [0.2, 0.25) is 0 Å². The zero-order valence-electron chi connectivity index (χ0n) is 21.0. The molecule has 5 rings (SSSR count). The minimum atomic E-state index is -3.50. The summed E-state index contributed by atoms with van der Waals surface area (Å²) in [5.41, 5.74) is 0.543. The van der Waals surface area contributed by atoms with E-state index >= 15 is 0 Å². The van der Waals surface area contributed by atoms with Gasteiger partial charge in [-0.3, -0.25) is 0 Å². The maximum Gasteiger partial charge on any atom is 0.422 e. The molecule has 1 atom stereocenters. The molecule has 0 bridgehead atoms. The van der Waals surface area contributed by atoms with E-state index in [4.69, 9.17) is 14.2 Å². The molecule has 1 saturated heterocycles. The molecule has 2 aliphatic rings. The minimum Gasteiger partial charge on any atom is -0.429 e. The molecular formula is C30H26F6O3. The van der Waals surface area contributed by atoms with Gasteiger partial charge in [-0.1, -0.05) is 37.3 Å². The van der Waals surface area contributed by atoms with E-state index in [0.717, 1.165) is 6.07 Å². The van der Waals surface area contributed by atoms with Gasteiger partial charge in [0.25, 0.3) is 0 Å². The molecule has 0 amide bonds. The smallest absolute Gasteiger partial charge is 0.422 e. The largest absolute Gasteiger partial charge is 0.429 e. The quantitative estimate of drug-likeness (QED) is 0.176. The molecule has 1 aliphatic heterocycles. The van der Waals surface area contributed by atoms with E-state index in [1.807, 2.05) is 6.92 Å². The lowest BCUT2D eigenvalue weighted by molar-refractivity contribution is -0.224. The third-order valence-electron chi connectivity index (χ3n) is 7.00. The fourth-order valence-corrected chi connectivity index (χ4v) is 4.82. The Morgan fingerprint density at radius 1 is 0.795 bits per heavy atom. The van der Waals surface area contributed by atoms with Gasteiger partial charge in [0.15, 0.2) is 23.7 Å². The number of hydrogen-bond acceptors (Lipinski definition) is 3. The van der Waals surface area contributed by atoms with Gasteiger partial charge in [-0.15, -0.1) is 0 Å². The molecule has 1 unspecified atom stereocenters. The van der Waals surface area contributed by atoms with Gasteiger partial charge in [-0.2, -0.15) is 8.78 Å². The van der Waals surface area contributed by atoms with Crippen LogP contribution in [0.1, 0.15) is 26.2 Å². The van der Waals surface area contributed by atoms with E-state index in [1.54, 1.807) is 0 Å². The molecule has 0 radical (unpaired) electrons. The number of halogens is 6. The average molecular weight is 549 g/mol. The van der Waals surface area contributed by atoms with Crippen molar-refractivity contribution < 1.29 is 40.6 Å². The van der Waals surface area contributed by atoms with Crippen molar-refractivity contribution in [2.75, 3.05) is 13.2 Å². The molecule has 0 aromatic heterocycles. The van der Waals surface area contributed by atoms with E-state index in [-0.39, 0.29) is 41.1 Å². The highest BCUT2D eigenvalue weighted by Crippen LogP contribution is 2.39. The third-order valence-corrected chi connectivity index (χ3v) is 7.00. The summed E-state index contributed by atoms with van der Waals surface area (Å²) in [5, 5.41) is 0. The number of benzene rings is 3. The minimum absolute atomic E-state index is 0.0178. The first-order valence-electron chi connectivity index (χ1n) is 12.6. The van der Waals surface area contributed by atoms with Crippen LogP contribution in [-0.4, -0.2) is 25.6 Å². The van der Waals surface area contributed by atoms with Crippen LogP contribution in [0.25, 0.3) is 22.3 Å². The number of ether oxygens (including phenoxy) is 3. The summed E-state index contributed by atoms with van der Waals surface area (Å²) in [6.45, 7) is 3.21. The fourth-order valence-electron chi connectivity index (χ4n) is 4.82. The van der Waals surface area contributed by atoms with Crippen molar-refractivity contribution >= 4 is 0 Å². The Balaban J connectivity index is 1.25. The fraction of sp³-hybridized carbons (Fsp3) is 0.333. The van der Waals surface area contributed by atoms with Gasteiger partial charge >= 0.3 is 6.11 Å². The number of allylic oxidation sites excluding steroid dienone is 1. The van der Waals surface area contributed by atoms with Crippen LogP contribution in [-0.2, 0) is 9.47 Å². The van der Waals surface area contributed by atoms with Gasteiger partial charge in [0.05, 0.1) is 13.2 Å². The maximum atomic E-state index is 14.9. The van der Waals surface area contributed by atoms with Gasteiger partial charge in [0.1, 0.15) is 11.6 Å². The zero-order valence-corrected chi connectivity index (χ0v) is 21.0. The topological polar surface area (TPSA) is 27.7 Å². The molecule has 1 aliphatic carbocycles. The van der Waals surface area contributed by atoms with Crippen LogP contribution in [0.5, 0.6) is 5.75 Å². The van der Waals surface area contributed by atoms with Crippen LogP contribution >= 0.6 is 0 Å². The summed E-state index contributed by atoms with van der Waals surface area (Å²) in [6, 6.07) is 11.1. The van der Waals surface area contributed by atoms with Crippen LogP contribution in [0.3, 0.4) is 0 Å². The molecule has 0 saturated carbocycles. The van der Waals surface area contributed by atoms with Crippen LogP contribution in [0, 0.1) is 35.1 Å². The Kier molecular flexibility index (Phi) is 7.73. The lowest BCUT2D eigenvalue weighted by Gasteiger charge is -2.35. The summed E-state index contributed by atoms with van der Waals surface area (Å²) >= 11 is 0. The Labute approximate surface area is 222 Å². The summed E-state index contributed by atoms with van der Waals surface area (Å²) in [7, 11) is 0. The van der Waals surface area contributed by atoms with Crippen molar-refractivity contribution in [3.8, 4) is 28.0 Å². The van der Waals surface area contributed by atoms with Crippen molar-refractivity contribution in [1.82, 2.24) is 0 Å². The van der Waals surface area contributed by atoms with Gasteiger partial charge in [0.2, 0.25) is 0 Å². The van der Waals surface area contributed by atoms with Gasteiger partial charge < -0.3 is 14.2 Å². The van der Waals surface area contributed by atoms with Crippen molar-refractivity contribution in [3.63, 3.8) is 0 Å². The number of rotatable bonds is 6. The first kappa shape index (κ1) is 27.3. The molecule has 3 nitrogen and oxygen atoms in total. The molecule has 1 fully saturated rings. The molecule has 39 heavy (non-hydrogen) atoms. The average Bonchev–Trinajstić information content (AvgIpc) is 2.92. The lowest BCUT2D eigenvalue weighted by Crippen LogP contribution is -2.38. The Morgan fingerprint density at radius 3 is 2.00 bits per heavy atom. The molecule has 3 aromatic rings. The first-order valence-corrected chi connectivity index (χ1v) is 12.6. The van der Waals surface area contributed by atoms with Gasteiger partial charge in [-0.05, 0) is 66.3 Å². The van der Waals surface area contributed by atoms with Crippen molar-refractivity contribution in [2.24, 2.45) is 11.8 Å². The van der Waals surface area contributed by atoms with E-state index in [2.05, 4.69) is 0 Å². The monoisotopic (exact) mass is 548 g/mol. The van der Waals surface area contributed by atoms with Crippen LogP contribution in [0.4, 0.5) is 26.3 Å². The number of alkyl halides is 2. The molecule has 206 valence electrons. The first-order chi connectivity index (χ1) is 18.6. The second-order valence-corrected chi connectivity index (χ2v) is 10.00. The summed E-state index contributed by atoms with van der Waals surface area (Å²) in [5.74, 6) is -5.00. The maximum absolute atomic E-state index is 14.9. The van der Waals surface area contributed by atoms with Crippen molar-refractivity contribution in [3.05, 3.63) is 89.5 Å². The van der Waals surface area contributed by atoms with E-state index in [0.29, 0.717) is 55.2 Å². The van der Waals surface area contributed by atoms with E-state index in [9.17, 15) is 26.3 Å². The van der Waals surface area contributed by atoms with Crippen LogP contribution < -0.4 is 4.74 Å². The van der Waals surface area contributed by atoms with Gasteiger partial charge in [-0.25, -0.2) is 17.6 Å². The van der Waals surface area contributed by atoms with Crippen LogP contribution in [0.15, 0.2) is 66.2 Å². The molecular weight excluding hydrogens is 522 g/mol. The standard InChI is InChI=1S/C30H26F6O3/c1-17-15-37-29(38-16-17)19-2-7-22(8-3-19)30(35,36)39-23-9-4-18(5-10-23)20-6-11-24(25(31)12-20)21-13-26(32)28(34)27(33)14-21/h4-7,9-14,17,19,29H,2-3,8,15-16H2,1H3. The summed E-state index contributed by atoms with van der Waals surface area (Å²) in [4.78, 5) is 0. The highest BCUT2D eigenvalue weighted by molar-refractivity contribution is 5.71. The lowest BCUT2D eigenvalue weighted by atomic mass is 9.88. The second-order valence-electron chi connectivity index (χ2n) is 10.00. The molecule has 3 aromatic carbocycles. The molecule has 0 spiro atoms. The predicted octanol–water partition coefficient (Wildman–Crippen LogP) is 8.28. The Morgan fingerprint density at radius 2 is 1.41 bits per heavy atom. The third kappa shape index (κ3) is 5.99. The number of hydrogen-bond donors (Lipinski definition) is 0. The second kappa shape index (κ2) is 11.1. The van der Waals surface area contributed by atoms with E-state index < -0.39 is 29.4 Å². The van der Waals surface area contributed by atoms with Crippen molar-refractivity contribution in [2.45, 2.75) is 38.6 Å². The highest BCUT2D eigenvalue weighted by atomic mass is 19.3. The summed E-state index contributed by atoms with van der Waals surface area (Å²) in [6.07, 6.45) is -1.31. The molecule has 0 N–H and O–H groups in total. The van der Waals surface area contributed by atoms with E-state index in [1.165, 1.54) is 42.5 Å². The molecule has 9 heteroatoms. The predicted molar refractivity (Wildman–Crippen MR) is 133 cm³/mol. The summed E-state index contributed by atoms with van der Waals surface area (Å²) < 4.78 is 101. The van der Waals surface area contributed by atoms with Crippen molar-refractivity contribution in [1.29, 1.82) is 0 Å². The Hall–Kier alpha value is -3.30. The zero-order chi connectivity index (χ0) is 27.7. The normalized spacial score (nSPS) is 21.9. The SMILES string of the molecule is CC1COC(C2CC=C(C(F)(F)Oc3ccc(-c4ccc(-c5cc(F)c(F)c(F)c5)c(F)c4)cc3)CC2)OC1. The van der Waals surface area contributed by atoms with Gasteiger partial charge in [0, 0.05) is 23.0 Å². The molecule has 1 heterocycles.